The Hall–Kier alpha value is -2.76. The van der Waals surface area contributed by atoms with Crippen molar-refractivity contribution in [2.24, 2.45) is 11.3 Å². The molecule has 2 heterocycles. The maximum absolute atomic E-state index is 12.5. The number of hydrogen-bond donors (Lipinski definition) is 2. The Balaban J connectivity index is 1.37. The lowest BCUT2D eigenvalue weighted by Gasteiger charge is -2.23. The van der Waals surface area contributed by atoms with Gasteiger partial charge >= 0.3 is 12.0 Å². The Kier molecular flexibility index (Phi) is 4.18. The number of furan rings is 1. The van der Waals surface area contributed by atoms with Crippen LogP contribution in [0.5, 0.6) is 0 Å². The largest absolute Gasteiger partial charge is 0.481 e. The summed E-state index contributed by atoms with van der Waals surface area (Å²) >= 11 is 0. The molecule has 1 aliphatic heterocycles. The number of carboxylic acid groups (broad SMARTS) is 1. The molecule has 2 aromatic rings. The Bertz CT molecular complexity index is 816. The van der Waals surface area contributed by atoms with Crippen molar-refractivity contribution in [3.05, 3.63) is 48.2 Å². The van der Waals surface area contributed by atoms with Crippen LogP contribution in [-0.4, -0.2) is 35.1 Å². The van der Waals surface area contributed by atoms with Gasteiger partial charge in [-0.2, -0.15) is 0 Å². The van der Waals surface area contributed by atoms with E-state index in [1.54, 1.807) is 4.90 Å². The first kappa shape index (κ1) is 16.7. The van der Waals surface area contributed by atoms with Gasteiger partial charge in [-0.15, -0.1) is 0 Å². The van der Waals surface area contributed by atoms with Crippen molar-refractivity contribution in [3.8, 4) is 11.3 Å². The fourth-order valence-electron chi connectivity index (χ4n) is 4.30. The third-order valence-corrected chi connectivity index (χ3v) is 5.72. The third kappa shape index (κ3) is 2.85. The van der Waals surface area contributed by atoms with Crippen LogP contribution in [0.1, 0.15) is 25.0 Å². The Morgan fingerprint density at radius 3 is 2.77 bits per heavy atom. The number of urea groups is 1. The minimum Gasteiger partial charge on any atom is -0.481 e. The van der Waals surface area contributed by atoms with E-state index in [2.05, 4.69) is 5.32 Å². The van der Waals surface area contributed by atoms with Crippen molar-refractivity contribution < 1.29 is 19.1 Å². The fourth-order valence-corrected chi connectivity index (χ4v) is 4.30. The van der Waals surface area contributed by atoms with Gasteiger partial charge in [0, 0.05) is 18.7 Å². The van der Waals surface area contributed by atoms with Gasteiger partial charge in [0.1, 0.15) is 11.5 Å². The molecule has 2 atom stereocenters. The van der Waals surface area contributed by atoms with Gasteiger partial charge in [-0.05, 0) is 30.9 Å². The molecule has 2 amide bonds. The quantitative estimate of drug-likeness (QED) is 0.882. The van der Waals surface area contributed by atoms with Gasteiger partial charge in [0.25, 0.3) is 0 Å². The molecule has 1 aromatic carbocycles. The lowest BCUT2D eigenvalue weighted by molar-refractivity contribution is -0.149. The zero-order valence-electron chi connectivity index (χ0n) is 14.5. The molecule has 1 saturated carbocycles. The molecule has 136 valence electrons. The van der Waals surface area contributed by atoms with Gasteiger partial charge in [-0.3, -0.25) is 4.79 Å². The van der Waals surface area contributed by atoms with Crippen LogP contribution in [0.15, 0.2) is 46.9 Å². The zero-order valence-corrected chi connectivity index (χ0v) is 14.5. The Morgan fingerprint density at radius 2 is 2.04 bits per heavy atom. The number of hydrogen-bond acceptors (Lipinski definition) is 3. The molecule has 6 heteroatoms. The monoisotopic (exact) mass is 354 g/mol. The fraction of sp³-hybridized carbons (Fsp3) is 0.400. The summed E-state index contributed by atoms with van der Waals surface area (Å²) in [4.78, 5) is 25.8. The van der Waals surface area contributed by atoms with Crippen LogP contribution in [0, 0.1) is 11.3 Å². The number of aliphatic carboxylic acids is 1. The minimum absolute atomic E-state index is 0.0686. The van der Waals surface area contributed by atoms with Crippen LogP contribution in [0.3, 0.4) is 0 Å². The van der Waals surface area contributed by atoms with E-state index in [1.165, 1.54) is 0 Å². The van der Waals surface area contributed by atoms with Crippen molar-refractivity contribution in [1.82, 2.24) is 10.2 Å². The molecule has 0 spiro atoms. The van der Waals surface area contributed by atoms with Gasteiger partial charge in [0.05, 0.1) is 12.0 Å². The topological polar surface area (TPSA) is 82.8 Å². The van der Waals surface area contributed by atoms with Crippen LogP contribution in [-0.2, 0) is 11.3 Å². The molecule has 2 aliphatic rings. The van der Waals surface area contributed by atoms with Gasteiger partial charge < -0.3 is 19.7 Å². The number of amides is 2. The van der Waals surface area contributed by atoms with E-state index < -0.39 is 11.4 Å². The van der Waals surface area contributed by atoms with Crippen molar-refractivity contribution >= 4 is 12.0 Å². The smallest absolute Gasteiger partial charge is 0.317 e. The molecule has 1 saturated heterocycles. The highest BCUT2D eigenvalue weighted by Crippen LogP contribution is 2.48. The summed E-state index contributed by atoms with van der Waals surface area (Å²) in [7, 11) is 0. The van der Waals surface area contributed by atoms with E-state index in [0.717, 1.165) is 24.2 Å². The molecule has 0 unspecified atom stereocenters. The second kappa shape index (κ2) is 6.52. The average Bonchev–Trinajstić information content (AvgIpc) is 3.34. The van der Waals surface area contributed by atoms with E-state index >= 15 is 0 Å². The first-order valence-electron chi connectivity index (χ1n) is 8.99. The van der Waals surface area contributed by atoms with Crippen molar-refractivity contribution in [2.45, 2.75) is 25.8 Å². The summed E-state index contributed by atoms with van der Waals surface area (Å²) in [5.41, 5.74) is 0.239. The minimum atomic E-state index is -0.770. The van der Waals surface area contributed by atoms with E-state index in [-0.39, 0.29) is 18.5 Å². The molecule has 26 heavy (non-hydrogen) atoms. The van der Waals surface area contributed by atoms with Crippen molar-refractivity contribution in [1.29, 1.82) is 0 Å². The summed E-state index contributed by atoms with van der Waals surface area (Å²) in [6.45, 7) is 1.10. The average molecular weight is 354 g/mol. The lowest BCUT2D eigenvalue weighted by Crippen LogP contribution is -2.41. The molecular formula is C20H22N2O4. The number of carboxylic acids is 1. The molecule has 4 rings (SSSR count). The Labute approximate surface area is 151 Å². The van der Waals surface area contributed by atoms with Gasteiger partial charge in [-0.25, -0.2) is 4.79 Å². The summed E-state index contributed by atoms with van der Waals surface area (Å²) in [6.07, 6.45) is 2.48. The van der Waals surface area contributed by atoms with Crippen LogP contribution in [0.4, 0.5) is 4.79 Å². The SMILES string of the molecule is O=C(NCc1ccc(-c2ccccc2)o1)N1C[C@@H]2CCC[C@@]2(C(=O)O)C1. The number of likely N-dealkylation sites (tertiary alicyclic amines) is 1. The van der Waals surface area contributed by atoms with Crippen LogP contribution < -0.4 is 5.32 Å². The van der Waals surface area contributed by atoms with Gasteiger partial charge in [0.2, 0.25) is 0 Å². The van der Waals surface area contributed by atoms with Gasteiger partial charge in [-0.1, -0.05) is 36.8 Å². The summed E-state index contributed by atoms with van der Waals surface area (Å²) in [6, 6.07) is 13.3. The molecular weight excluding hydrogens is 332 g/mol. The van der Waals surface area contributed by atoms with E-state index in [4.69, 9.17) is 4.42 Å². The van der Waals surface area contributed by atoms with Crippen molar-refractivity contribution in [3.63, 3.8) is 0 Å². The number of fused-ring (bicyclic) bond motifs is 1. The number of carbonyl (C=O) groups excluding carboxylic acids is 1. The maximum atomic E-state index is 12.5. The molecule has 1 aliphatic carbocycles. The highest BCUT2D eigenvalue weighted by atomic mass is 16.4. The second-order valence-corrected chi connectivity index (χ2v) is 7.22. The van der Waals surface area contributed by atoms with Crippen molar-refractivity contribution in [2.75, 3.05) is 13.1 Å². The molecule has 6 nitrogen and oxygen atoms in total. The predicted octanol–water partition coefficient (Wildman–Crippen LogP) is 3.34. The van der Waals surface area contributed by atoms with Crippen LogP contribution in [0.25, 0.3) is 11.3 Å². The zero-order chi connectivity index (χ0) is 18.1. The number of nitrogens with zero attached hydrogens (tertiary/aromatic N) is 1. The summed E-state index contributed by atoms with van der Waals surface area (Å²) < 4.78 is 5.79. The lowest BCUT2D eigenvalue weighted by atomic mass is 9.81. The standard InChI is InChI=1S/C20H22N2O4/c23-18(24)20-10-4-7-15(20)12-22(13-20)19(25)21-11-16-8-9-17(26-16)14-5-2-1-3-6-14/h1-3,5-6,8-9,15H,4,7,10-13H2,(H,21,25)(H,23,24)/t15-,20+/m0/s1. The van der Waals surface area contributed by atoms with E-state index in [9.17, 15) is 14.7 Å². The number of benzene rings is 1. The molecule has 2 fully saturated rings. The first-order chi connectivity index (χ1) is 12.6. The molecule has 2 N–H and O–H groups in total. The first-order valence-corrected chi connectivity index (χ1v) is 8.99. The van der Waals surface area contributed by atoms with Crippen LogP contribution >= 0.6 is 0 Å². The highest BCUT2D eigenvalue weighted by Gasteiger charge is 2.55. The third-order valence-electron chi connectivity index (χ3n) is 5.72. The maximum Gasteiger partial charge on any atom is 0.317 e. The summed E-state index contributed by atoms with van der Waals surface area (Å²) in [5, 5.41) is 12.5. The number of carbonyl (C=O) groups is 2. The second-order valence-electron chi connectivity index (χ2n) is 7.22. The van der Waals surface area contributed by atoms with E-state index in [0.29, 0.717) is 25.3 Å². The molecule has 0 bridgehead atoms. The molecule has 1 aromatic heterocycles. The Morgan fingerprint density at radius 1 is 1.23 bits per heavy atom. The predicted molar refractivity (Wildman–Crippen MR) is 95.4 cm³/mol. The highest BCUT2D eigenvalue weighted by molar-refractivity contribution is 5.80. The number of rotatable bonds is 4. The van der Waals surface area contributed by atoms with Crippen LogP contribution in [0.2, 0.25) is 0 Å². The van der Waals surface area contributed by atoms with E-state index in [1.807, 2.05) is 42.5 Å². The normalized spacial score (nSPS) is 24.5. The molecule has 0 radical (unpaired) electrons. The summed E-state index contributed by atoms with van der Waals surface area (Å²) in [5.74, 6) is 0.729. The number of nitrogens with one attached hydrogen (secondary N) is 1. The van der Waals surface area contributed by atoms with Gasteiger partial charge in [0.15, 0.2) is 0 Å².